The Labute approximate surface area is 438 Å². The quantitative estimate of drug-likeness (QED) is 0.0709. The first kappa shape index (κ1) is 49.2. The average molecular weight is 1000 g/mol. The summed E-state index contributed by atoms with van der Waals surface area (Å²) in [4.78, 5) is 50.7. The van der Waals surface area contributed by atoms with E-state index < -0.39 is 51.9 Å². The molecule has 0 bridgehead atoms. The van der Waals surface area contributed by atoms with Gasteiger partial charge in [0.15, 0.2) is 0 Å². The van der Waals surface area contributed by atoms with E-state index in [1.165, 1.54) is 0 Å². The van der Waals surface area contributed by atoms with Crippen molar-refractivity contribution < 1.29 is 42.1 Å². The third kappa shape index (κ3) is 8.66. The van der Waals surface area contributed by atoms with Crippen LogP contribution in [0, 0.1) is 0 Å². The maximum atomic E-state index is 16.9. The van der Waals surface area contributed by atoms with Crippen LogP contribution in [0.25, 0.3) is 0 Å². The number of rotatable bonds is 16. The van der Waals surface area contributed by atoms with E-state index in [2.05, 4.69) is 0 Å². The van der Waals surface area contributed by atoms with Crippen LogP contribution in [0.2, 0.25) is 0 Å². The summed E-state index contributed by atoms with van der Waals surface area (Å²) in [5.41, 5.74) is 1.93. The third-order valence-corrected chi connectivity index (χ3v) is 18.7. The topological polar surface area (TPSA) is 78.9 Å². The van der Waals surface area contributed by atoms with E-state index in [1.807, 2.05) is 293 Å². The molecule has 0 atom stereocenters. The predicted octanol–water partition coefficient (Wildman–Crippen LogP) is 14.2. The van der Waals surface area contributed by atoms with Gasteiger partial charge in [-0.2, -0.15) is 0 Å². The van der Waals surface area contributed by atoms with E-state index in [0.717, 1.165) is 5.57 Å². The fraction of sp³-hybridized carbons (Fsp3) is 0.0896. The second-order valence-electron chi connectivity index (χ2n) is 18.5. The number of carbonyl (C=O) groups is 3. The van der Waals surface area contributed by atoms with Crippen molar-refractivity contribution in [1.29, 1.82) is 0 Å². The first-order valence-corrected chi connectivity index (χ1v) is 27.5. The van der Waals surface area contributed by atoms with E-state index in [0.29, 0.717) is 59.5 Å². The molecule has 0 unspecified atom stereocenters. The van der Waals surface area contributed by atoms with Crippen molar-refractivity contribution in [3.63, 3.8) is 0 Å². The Morgan fingerprint density at radius 1 is 0.311 bits per heavy atom. The second kappa shape index (κ2) is 21.4. The molecule has 0 radical (unpaired) electrons. The fourth-order valence-electron chi connectivity index (χ4n) is 10.8. The van der Waals surface area contributed by atoms with Gasteiger partial charge in [0.25, 0.3) is 0 Å². The first-order chi connectivity index (χ1) is 36.3. The van der Waals surface area contributed by atoms with Gasteiger partial charge in [0, 0.05) is 0 Å². The number of benzene rings is 9. The van der Waals surface area contributed by atoms with Crippen LogP contribution in [0.3, 0.4) is 0 Å². The molecule has 0 N–H and O–H groups in total. The van der Waals surface area contributed by atoms with Gasteiger partial charge in [-0.15, -0.1) is 0 Å². The van der Waals surface area contributed by atoms with Gasteiger partial charge >= 0.3 is 441 Å². The molecule has 0 spiro atoms. The molecule has 9 aromatic rings. The van der Waals surface area contributed by atoms with Crippen molar-refractivity contribution in [2.75, 3.05) is 0 Å². The molecule has 9 aromatic carbocycles. The van der Waals surface area contributed by atoms with E-state index in [1.54, 1.807) is 0 Å². The summed E-state index contributed by atoms with van der Waals surface area (Å²) in [5.74, 6) is -2.33. The Hall–Kier alpha value is -8.42. The van der Waals surface area contributed by atoms with Crippen molar-refractivity contribution in [3.8, 4) is 0 Å². The molecule has 0 fully saturated rings. The van der Waals surface area contributed by atoms with Gasteiger partial charge in [-0.05, 0) is 0 Å². The summed E-state index contributed by atoms with van der Waals surface area (Å²) in [6, 6.07) is 85.2. The molecule has 0 saturated heterocycles. The van der Waals surface area contributed by atoms with Crippen LogP contribution in [-0.4, -0.2) is 17.9 Å². The molecule has 0 aliphatic heterocycles. The zero-order chi connectivity index (χ0) is 51.0. The predicted molar refractivity (Wildman–Crippen MR) is 287 cm³/mol. The van der Waals surface area contributed by atoms with E-state index >= 15 is 14.4 Å². The molecule has 0 amide bonds. The molecule has 74 heavy (non-hydrogen) atoms. The summed E-state index contributed by atoms with van der Waals surface area (Å²) in [5, 5.41) is 0. The average Bonchev–Trinajstić information content (AvgIpc) is 3.81. The summed E-state index contributed by atoms with van der Waals surface area (Å²) >= 11 is -6.28. The normalized spacial score (nSPS) is 12.9. The van der Waals surface area contributed by atoms with Crippen molar-refractivity contribution in [2.24, 2.45) is 0 Å². The molecule has 0 heterocycles. The molecular weight excluding hydrogens is 949 g/mol. The fourth-order valence-corrected chi connectivity index (χ4v) is 15.0. The molecule has 1 aliphatic rings. The molecule has 10 rings (SSSR count). The van der Waals surface area contributed by atoms with Crippen molar-refractivity contribution in [1.82, 2.24) is 0 Å². The molecule has 7 heteroatoms. The number of allylic oxidation sites excluding steroid dienone is 4. The van der Waals surface area contributed by atoms with Crippen molar-refractivity contribution in [3.05, 3.63) is 344 Å². The molecule has 362 valence electrons. The molecule has 0 aromatic heterocycles. The van der Waals surface area contributed by atoms with Gasteiger partial charge in [-0.25, -0.2) is 0 Å². The number of carbonyl (C=O) groups excluding carboxylic acids is 3. The van der Waals surface area contributed by atoms with Crippen LogP contribution in [0.4, 0.5) is 0 Å². The third-order valence-electron chi connectivity index (χ3n) is 14.5. The summed E-state index contributed by atoms with van der Waals surface area (Å²) < 4.78 is 22.9. The minimum absolute atomic E-state index is 0.185. The Morgan fingerprint density at radius 3 is 0.635 bits per heavy atom. The van der Waals surface area contributed by atoms with Crippen LogP contribution in [-0.2, 0) is 58.3 Å². The van der Waals surface area contributed by atoms with E-state index in [9.17, 15) is 0 Å². The van der Waals surface area contributed by atoms with Crippen LogP contribution < -0.4 is 0 Å². The van der Waals surface area contributed by atoms with Crippen molar-refractivity contribution in [2.45, 2.75) is 36.5 Å². The van der Waals surface area contributed by atoms with Gasteiger partial charge in [-0.1, -0.05) is 0 Å². The van der Waals surface area contributed by atoms with Gasteiger partial charge < -0.3 is 0 Å². The summed E-state index contributed by atoms with van der Waals surface area (Å²) in [6.07, 6.45) is 2.20. The molecule has 1 aliphatic carbocycles. The van der Waals surface area contributed by atoms with E-state index in [-0.39, 0.29) is 6.42 Å². The zero-order valence-electron chi connectivity index (χ0n) is 41.2. The standard InChI is InChI=1S/3C20H16O2.C7H9.Ti/c3*21-19(22)20(16-10-4-1-5-11-16,17-12-6-2-7-13-17)18-14-8-3-9-15-18;1-6-4-3-5-7(6)2;/h3*1-15H,(H,21,22);4H,3H2,1-2H3;/q;;;;+3/p-3. The van der Waals surface area contributed by atoms with Gasteiger partial charge in [0.1, 0.15) is 0 Å². The molecule has 6 nitrogen and oxygen atoms in total. The summed E-state index contributed by atoms with van der Waals surface area (Å²) in [7, 11) is 0. The second-order valence-corrected chi connectivity index (χ2v) is 22.1. The maximum absolute atomic E-state index is 16.9. The Balaban J connectivity index is 1.30. The van der Waals surface area contributed by atoms with Crippen LogP contribution >= 0.6 is 0 Å². The SMILES string of the molecule is CC1=CC[C]([Ti]([O]C(=O)C(c2ccccc2)(c2ccccc2)c2ccccc2)([O]C(=O)C(c2ccccc2)(c2ccccc2)c2ccccc2)[O]C(=O)C(c2ccccc2)(c2ccccc2)c2ccccc2)=C1C. The van der Waals surface area contributed by atoms with Crippen LogP contribution in [0.5, 0.6) is 0 Å². The number of hydrogen-bond acceptors (Lipinski definition) is 6. The van der Waals surface area contributed by atoms with Gasteiger partial charge in [0.2, 0.25) is 0 Å². The zero-order valence-corrected chi connectivity index (χ0v) is 42.8. The minimum atomic E-state index is -6.28. The van der Waals surface area contributed by atoms with Crippen LogP contribution in [0.1, 0.15) is 70.3 Å². The van der Waals surface area contributed by atoms with Gasteiger partial charge in [-0.3, -0.25) is 0 Å². The Bertz CT molecular complexity index is 2800. The molecule has 0 saturated carbocycles. The van der Waals surface area contributed by atoms with E-state index in [4.69, 9.17) is 9.96 Å². The summed E-state index contributed by atoms with van der Waals surface area (Å²) in [6.45, 7) is 3.88. The van der Waals surface area contributed by atoms with Crippen molar-refractivity contribution >= 4 is 17.9 Å². The van der Waals surface area contributed by atoms with Gasteiger partial charge in [0.05, 0.1) is 0 Å². The Morgan fingerprint density at radius 2 is 0.486 bits per heavy atom. The first-order valence-electron chi connectivity index (χ1n) is 24.8. The Kier molecular flexibility index (Phi) is 14.2. The monoisotopic (exact) mass is 1000 g/mol. The number of hydrogen-bond donors (Lipinski definition) is 0. The molecular formula is C67H54O6Ti. The van der Waals surface area contributed by atoms with Crippen LogP contribution in [0.15, 0.2) is 294 Å².